The van der Waals surface area contributed by atoms with E-state index in [1.54, 1.807) is 12.1 Å². The molecule has 1 rings (SSSR count). The maximum atomic E-state index is 8.52. The Kier molecular flexibility index (Phi) is 3.33. The van der Waals surface area contributed by atoms with Crippen LogP contribution in [0.2, 0.25) is 0 Å². The molecule has 0 aliphatic heterocycles. The molecule has 0 aromatic carbocycles. The van der Waals surface area contributed by atoms with Gasteiger partial charge in [0.15, 0.2) is 0 Å². The number of nitrogens with zero attached hydrogens (tertiary/aromatic N) is 1. The lowest BCUT2D eigenvalue weighted by atomic mass is 10.4. The molecule has 0 saturated heterocycles. The van der Waals surface area contributed by atoms with Crippen LogP contribution in [0.25, 0.3) is 0 Å². The molecule has 5 nitrogen and oxygen atoms in total. The molecule has 0 radical (unpaired) electrons. The summed E-state index contributed by atoms with van der Waals surface area (Å²) >= 11 is 0. The first-order valence-corrected chi connectivity index (χ1v) is 3.82. The van der Waals surface area contributed by atoms with Crippen LogP contribution in [-0.2, 0) is 0 Å². The highest BCUT2D eigenvalue weighted by Crippen LogP contribution is 2.21. The number of nitrogens with two attached hydrogens (primary N) is 1. The zero-order valence-electron chi connectivity index (χ0n) is 7.36. The van der Waals surface area contributed by atoms with E-state index in [1.807, 2.05) is 0 Å². The zero-order chi connectivity index (χ0) is 9.68. The number of aliphatic hydroxyl groups is 1. The van der Waals surface area contributed by atoms with Gasteiger partial charge in [-0.2, -0.15) is 4.98 Å². The van der Waals surface area contributed by atoms with Gasteiger partial charge in [-0.15, -0.1) is 0 Å². The van der Waals surface area contributed by atoms with Crippen LogP contribution in [0.15, 0.2) is 12.1 Å². The fraction of sp³-hybridized carbons (Fsp3) is 0.375. The number of hydrogen-bond acceptors (Lipinski definition) is 5. The third-order valence-corrected chi connectivity index (χ3v) is 1.40. The van der Waals surface area contributed by atoms with Crippen LogP contribution in [0.5, 0.6) is 11.8 Å². The molecule has 0 fully saturated rings. The minimum atomic E-state index is -0.0711. The topological polar surface area (TPSA) is 77.6 Å². The average molecular weight is 184 g/mol. The van der Waals surface area contributed by atoms with Crippen molar-refractivity contribution in [2.24, 2.45) is 0 Å². The normalized spacial score (nSPS) is 9.69. The van der Waals surface area contributed by atoms with Crippen LogP contribution in [0.4, 0.5) is 5.69 Å². The van der Waals surface area contributed by atoms with Gasteiger partial charge in [0, 0.05) is 6.07 Å². The number of aliphatic hydroxyl groups excluding tert-OH is 1. The first-order chi connectivity index (χ1) is 6.27. The van der Waals surface area contributed by atoms with E-state index in [9.17, 15) is 0 Å². The van der Waals surface area contributed by atoms with Gasteiger partial charge in [-0.25, -0.2) is 0 Å². The lowest BCUT2D eigenvalue weighted by molar-refractivity contribution is 0.196. The van der Waals surface area contributed by atoms with E-state index in [4.69, 9.17) is 20.3 Å². The Morgan fingerprint density at radius 2 is 2.31 bits per heavy atom. The van der Waals surface area contributed by atoms with Crippen molar-refractivity contribution in [1.29, 1.82) is 0 Å². The Bertz CT molecular complexity index is 278. The maximum Gasteiger partial charge on any atom is 0.240 e. The molecule has 1 heterocycles. The van der Waals surface area contributed by atoms with Crippen molar-refractivity contribution in [3.63, 3.8) is 0 Å². The van der Waals surface area contributed by atoms with Gasteiger partial charge in [-0.05, 0) is 6.07 Å². The zero-order valence-corrected chi connectivity index (χ0v) is 7.36. The summed E-state index contributed by atoms with van der Waals surface area (Å²) in [5.74, 6) is 0.718. The third-order valence-electron chi connectivity index (χ3n) is 1.40. The Morgan fingerprint density at radius 3 is 2.92 bits per heavy atom. The maximum absolute atomic E-state index is 8.52. The summed E-state index contributed by atoms with van der Waals surface area (Å²) in [6.45, 7) is 0.0999. The second kappa shape index (κ2) is 4.51. The Labute approximate surface area is 76.1 Å². The Balaban J connectivity index is 2.78. The number of rotatable bonds is 4. The lowest BCUT2D eigenvalue weighted by Gasteiger charge is -2.07. The fourth-order valence-electron chi connectivity index (χ4n) is 0.806. The predicted molar refractivity (Wildman–Crippen MR) is 47.8 cm³/mol. The van der Waals surface area contributed by atoms with Crippen molar-refractivity contribution in [3.8, 4) is 11.8 Å². The molecule has 0 bridgehead atoms. The van der Waals surface area contributed by atoms with Gasteiger partial charge in [-0.1, -0.05) is 0 Å². The molecule has 0 aliphatic carbocycles. The van der Waals surface area contributed by atoms with Crippen molar-refractivity contribution in [2.75, 3.05) is 26.1 Å². The van der Waals surface area contributed by atoms with Crippen LogP contribution in [0.3, 0.4) is 0 Å². The van der Waals surface area contributed by atoms with Gasteiger partial charge < -0.3 is 20.3 Å². The molecular formula is C8H12N2O3. The standard InChI is InChI=1S/C8H12N2O3/c1-12-7-3-2-6(9)8(10-7)13-5-4-11/h2-3,11H,4-5,9H2,1H3. The Morgan fingerprint density at radius 1 is 1.54 bits per heavy atom. The smallest absolute Gasteiger partial charge is 0.240 e. The quantitative estimate of drug-likeness (QED) is 0.691. The Hall–Kier alpha value is -1.49. The van der Waals surface area contributed by atoms with E-state index in [2.05, 4.69) is 4.98 Å². The fourth-order valence-corrected chi connectivity index (χ4v) is 0.806. The average Bonchev–Trinajstić information content (AvgIpc) is 2.17. The molecule has 1 aromatic heterocycles. The van der Waals surface area contributed by atoms with Gasteiger partial charge in [0.05, 0.1) is 19.4 Å². The van der Waals surface area contributed by atoms with Crippen LogP contribution >= 0.6 is 0 Å². The second-order valence-corrected chi connectivity index (χ2v) is 2.32. The van der Waals surface area contributed by atoms with E-state index in [0.717, 1.165) is 0 Å². The summed E-state index contributed by atoms with van der Waals surface area (Å²) in [6.07, 6.45) is 0. The largest absolute Gasteiger partial charge is 0.481 e. The van der Waals surface area contributed by atoms with E-state index in [0.29, 0.717) is 11.6 Å². The number of hydrogen-bond donors (Lipinski definition) is 2. The number of ether oxygens (including phenoxy) is 2. The number of methoxy groups -OCH3 is 1. The number of aromatic nitrogens is 1. The summed E-state index contributed by atoms with van der Waals surface area (Å²) in [4.78, 5) is 3.95. The van der Waals surface area contributed by atoms with E-state index in [-0.39, 0.29) is 19.1 Å². The molecule has 5 heteroatoms. The summed E-state index contributed by atoms with van der Waals surface area (Å²) in [5.41, 5.74) is 5.99. The van der Waals surface area contributed by atoms with Crippen molar-refractivity contribution in [2.45, 2.75) is 0 Å². The summed E-state index contributed by atoms with van der Waals surface area (Å²) < 4.78 is 9.94. The van der Waals surface area contributed by atoms with Crippen molar-refractivity contribution in [1.82, 2.24) is 4.98 Å². The first kappa shape index (κ1) is 9.60. The highest BCUT2D eigenvalue weighted by atomic mass is 16.5. The van der Waals surface area contributed by atoms with Gasteiger partial charge in [0.1, 0.15) is 6.61 Å². The molecule has 1 aromatic rings. The van der Waals surface area contributed by atoms with Crippen molar-refractivity contribution in [3.05, 3.63) is 12.1 Å². The monoisotopic (exact) mass is 184 g/mol. The molecule has 0 spiro atoms. The molecular weight excluding hydrogens is 172 g/mol. The van der Waals surface area contributed by atoms with E-state index < -0.39 is 0 Å². The van der Waals surface area contributed by atoms with Crippen molar-refractivity contribution >= 4 is 5.69 Å². The number of nitrogen functional groups attached to an aromatic ring is 1. The van der Waals surface area contributed by atoms with Crippen LogP contribution in [0, 0.1) is 0 Å². The molecule has 0 unspecified atom stereocenters. The summed E-state index contributed by atoms with van der Waals surface area (Å²) in [6, 6.07) is 3.28. The number of anilines is 1. The molecule has 3 N–H and O–H groups in total. The summed E-state index contributed by atoms with van der Waals surface area (Å²) in [7, 11) is 1.51. The molecule has 0 saturated carbocycles. The second-order valence-electron chi connectivity index (χ2n) is 2.32. The van der Waals surface area contributed by atoms with Crippen LogP contribution in [-0.4, -0.2) is 30.4 Å². The highest BCUT2D eigenvalue weighted by molar-refractivity contribution is 5.49. The molecule has 13 heavy (non-hydrogen) atoms. The summed E-state index contributed by atoms with van der Waals surface area (Å²) in [5, 5.41) is 8.52. The van der Waals surface area contributed by atoms with Gasteiger partial charge >= 0.3 is 0 Å². The highest BCUT2D eigenvalue weighted by Gasteiger charge is 2.03. The lowest BCUT2D eigenvalue weighted by Crippen LogP contribution is -2.05. The minimum absolute atomic E-state index is 0.0711. The van der Waals surface area contributed by atoms with E-state index in [1.165, 1.54) is 7.11 Å². The van der Waals surface area contributed by atoms with Crippen LogP contribution < -0.4 is 15.2 Å². The van der Waals surface area contributed by atoms with Crippen molar-refractivity contribution < 1.29 is 14.6 Å². The SMILES string of the molecule is COc1ccc(N)c(OCCO)n1. The molecule has 0 amide bonds. The van der Waals surface area contributed by atoms with Gasteiger partial charge in [0.2, 0.25) is 11.8 Å². The van der Waals surface area contributed by atoms with Gasteiger partial charge in [-0.3, -0.25) is 0 Å². The van der Waals surface area contributed by atoms with Gasteiger partial charge in [0.25, 0.3) is 0 Å². The predicted octanol–water partition coefficient (Wildman–Crippen LogP) is 0.0435. The third kappa shape index (κ3) is 2.48. The first-order valence-electron chi connectivity index (χ1n) is 3.82. The molecule has 0 atom stereocenters. The minimum Gasteiger partial charge on any atom is -0.481 e. The molecule has 72 valence electrons. The number of pyridine rings is 1. The van der Waals surface area contributed by atoms with Crippen LogP contribution in [0.1, 0.15) is 0 Å². The molecule has 0 aliphatic rings. The van der Waals surface area contributed by atoms with E-state index >= 15 is 0 Å².